The summed E-state index contributed by atoms with van der Waals surface area (Å²) in [4.78, 5) is 13.6. The van der Waals surface area contributed by atoms with E-state index in [2.05, 4.69) is 10.2 Å². The summed E-state index contributed by atoms with van der Waals surface area (Å²) in [6, 6.07) is 20.7. The molecule has 3 aromatic rings. The van der Waals surface area contributed by atoms with E-state index in [1.807, 2.05) is 55.5 Å². The van der Waals surface area contributed by atoms with Gasteiger partial charge in [0.05, 0.1) is 6.67 Å². The number of hydrogen-bond acceptors (Lipinski definition) is 5. The first-order valence-corrected chi connectivity index (χ1v) is 12.5. The molecule has 6 nitrogen and oxygen atoms in total. The summed E-state index contributed by atoms with van der Waals surface area (Å²) in [6.07, 6.45) is -0.364. The summed E-state index contributed by atoms with van der Waals surface area (Å²) in [5, 5.41) is 12.9. The summed E-state index contributed by atoms with van der Waals surface area (Å²) in [5.41, 5.74) is 5.50. The molecule has 0 spiro atoms. The molecule has 2 heterocycles. The van der Waals surface area contributed by atoms with Gasteiger partial charge in [0.1, 0.15) is 30.0 Å². The minimum atomic E-state index is -0.364. The first kappa shape index (κ1) is 24.8. The monoisotopic (exact) mass is 502 g/mol. The normalized spacial score (nSPS) is 17.5. The molecule has 0 saturated carbocycles. The third-order valence-electron chi connectivity index (χ3n) is 6.90. The third kappa shape index (κ3) is 5.47. The van der Waals surface area contributed by atoms with Crippen molar-refractivity contribution in [2.75, 3.05) is 38.2 Å². The van der Waals surface area contributed by atoms with E-state index in [4.69, 9.17) is 9.47 Å². The highest BCUT2D eigenvalue weighted by molar-refractivity contribution is 5.96. The first-order chi connectivity index (χ1) is 17.9. The van der Waals surface area contributed by atoms with Crippen molar-refractivity contribution in [3.8, 4) is 17.2 Å². The summed E-state index contributed by atoms with van der Waals surface area (Å²) < 4.78 is 25.0. The number of carbonyl (C=O) groups excluding carboxylic acids is 1. The molecular formula is C30H31FN2O4. The number of anilines is 1. The first-order valence-electron chi connectivity index (χ1n) is 12.5. The SMILES string of the molecule is CC(=O)Nc1ccc(C2=C(C)c3cc(O)ccc3O[C@H]2c2ccc(OCCN3CC(CF)C3)cc2)cc1. The van der Waals surface area contributed by atoms with E-state index in [9.17, 15) is 14.3 Å². The van der Waals surface area contributed by atoms with Gasteiger partial charge >= 0.3 is 0 Å². The standard InChI is InChI=1S/C30H31FN2O4/c1-19-27-15-25(35)9-12-28(27)37-30(29(19)22-3-7-24(8-4-22)32-20(2)34)23-5-10-26(11-6-23)36-14-13-33-17-21(16-31)18-33/h3-12,15,21,30,35H,13-14,16-18H2,1-2H3,(H,32,34)/t30-/m0/s1. The maximum absolute atomic E-state index is 12.6. The Morgan fingerprint density at radius 2 is 1.84 bits per heavy atom. The molecule has 0 bridgehead atoms. The molecule has 37 heavy (non-hydrogen) atoms. The third-order valence-corrected chi connectivity index (χ3v) is 6.90. The number of halogens is 1. The number of ether oxygens (including phenoxy) is 2. The molecule has 1 amide bonds. The van der Waals surface area contributed by atoms with Crippen LogP contribution in [-0.4, -0.2) is 48.8 Å². The fraction of sp³-hybridized carbons (Fsp3) is 0.300. The maximum atomic E-state index is 12.6. The fourth-order valence-corrected chi connectivity index (χ4v) is 4.97. The van der Waals surface area contributed by atoms with E-state index in [1.165, 1.54) is 6.92 Å². The Labute approximate surface area is 216 Å². The lowest BCUT2D eigenvalue weighted by atomic mass is 9.86. The zero-order chi connectivity index (χ0) is 25.9. The number of benzene rings is 3. The highest BCUT2D eigenvalue weighted by Crippen LogP contribution is 2.47. The minimum absolute atomic E-state index is 0.123. The van der Waals surface area contributed by atoms with Gasteiger partial charge in [-0.3, -0.25) is 14.1 Å². The van der Waals surface area contributed by atoms with Crippen LogP contribution in [0.3, 0.4) is 0 Å². The van der Waals surface area contributed by atoms with E-state index in [0.717, 1.165) is 58.9 Å². The van der Waals surface area contributed by atoms with Crippen molar-refractivity contribution in [3.05, 3.63) is 83.4 Å². The number of phenols is 1. The lowest BCUT2D eigenvalue weighted by molar-refractivity contribution is -0.114. The van der Waals surface area contributed by atoms with Gasteiger partial charge in [0.25, 0.3) is 0 Å². The van der Waals surface area contributed by atoms with Gasteiger partial charge < -0.3 is 19.9 Å². The van der Waals surface area contributed by atoms with Gasteiger partial charge in [0.2, 0.25) is 5.91 Å². The number of fused-ring (bicyclic) bond motifs is 1. The van der Waals surface area contributed by atoms with Crippen LogP contribution in [0.4, 0.5) is 10.1 Å². The number of likely N-dealkylation sites (tertiary alicyclic amines) is 1. The molecule has 1 fully saturated rings. The van der Waals surface area contributed by atoms with Crippen molar-refractivity contribution in [1.29, 1.82) is 0 Å². The Bertz CT molecular complexity index is 1300. The van der Waals surface area contributed by atoms with E-state index in [0.29, 0.717) is 12.4 Å². The van der Waals surface area contributed by atoms with Gasteiger partial charge in [-0.1, -0.05) is 24.3 Å². The quantitative estimate of drug-likeness (QED) is 0.414. The second-order valence-electron chi connectivity index (χ2n) is 9.67. The second-order valence-corrected chi connectivity index (χ2v) is 9.67. The van der Waals surface area contributed by atoms with Gasteiger partial charge in [-0.15, -0.1) is 0 Å². The number of nitrogens with zero attached hydrogens (tertiary/aromatic N) is 1. The molecule has 2 aliphatic heterocycles. The molecule has 7 heteroatoms. The molecule has 0 radical (unpaired) electrons. The summed E-state index contributed by atoms with van der Waals surface area (Å²) >= 11 is 0. The van der Waals surface area contributed by atoms with Gasteiger partial charge in [-0.25, -0.2) is 0 Å². The summed E-state index contributed by atoms with van der Waals surface area (Å²) in [7, 11) is 0. The van der Waals surface area contributed by atoms with Crippen molar-refractivity contribution in [2.45, 2.75) is 20.0 Å². The smallest absolute Gasteiger partial charge is 0.221 e. The van der Waals surface area contributed by atoms with Gasteiger partial charge in [-0.2, -0.15) is 0 Å². The topological polar surface area (TPSA) is 71.0 Å². The Morgan fingerprint density at radius 1 is 1.11 bits per heavy atom. The maximum Gasteiger partial charge on any atom is 0.221 e. The number of hydrogen-bond donors (Lipinski definition) is 2. The van der Waals surface area contributed by atoms with E-state index in [-0.39, 0.29) is 30.4 Å². The molecule has 0 aromatic heterocycles. The Hall–Kier alpha value is -3.84. The zero-order valence-corrected chi connectivity index (χ0v) is 21.0. The Morgan fingerprint density at radius 3 is 2.51 bits per heavy atom. The largest absolute Gasteiger partial charge is 0.508 e. The number of phenolic OH excluding ortho intramolecular Hbond substituents is 1. The van der Waals surface area contributed by atoms with Crippen LogP contribution in [0.25, 0.3) is 11.1 Å². The molecule has 2 aliphatic rings. The molecule has 3 aromatic carbocycles. The number of aromatic hydroxyl groups is 1. The van der Waals surface area contributed by atoms with Crippen LogP contribution in [-0.2, 0) is 4.79 Å². The van der Waals surface area contributed by atoms with Crippen molar-refractivity contribution >= 4 is 22.7 Å². The number of nitrogens with one attached hydrogen (secondary N) is 1. The van der Waals surface area contributed by atoms with E-state index in [1.54, 1.807) is 18.2 Å². The highest BCUT2D eigenvalue weighted by Gasteiger charge is 2.30. The molecule has 0 unspecified atom stereocenters. The fourth-order valence-electron chi connectivity index (χ4n) is 4.97. The van der Waals surface area contributed by atoms with E-state index < -0.39 is 0 Å². The molecule has 192 valence electrons. The molecule has 2 N–H and O–H groups in total. The van der Waals surface area contributed by atoms with Crippen LogP contribution in [0, 0.1) is 5.92 Å². The lowest BCUT2D eigenvalue weighted by Gasteiger charge is -2.37. The van der Waals surface area contributed by atoms with Crippen molar-refractivity contribution in [1.82, 2.24) is 4.90 Å². The zero-order valence-electron chi connectivity index (χ0n) is 21.0. The highest BCUT2D eigenvalue weighted by atomic mass is 19.1. The second kappa shape index (κ2) is 10.6. The predicted molar refractivity (Wildman–Crippen MR) is 143 cm³/mol. The lowest BCUT2D eigenvalue weighted by Crippen LogP contribution is -2.49. The number of alkyl halides is 1. The van der Waals surface area contributed by atoms with Crippen molar-refractivity contribution in [2.24, 2.45) is 5.92 Å². The number of rotatable bonds is 8. The summed E-state index contributed by atoms with van der Waals surface area (Å²) in [6.45, 7) is 6.22. The molecule has 5 rings (SSSR count). The molecule has 0 aliphatic carbocycles. The number of amides is 1. The minimum Gasteiger partial charge on any atom is -0.508 e. The average molecular weight is 503 g/mol. The van der Waals surface area contributed by atoms with Crippen molar-refractivity contribution < 1.29 is 23.8 Å². The van der Waals surface area contributed by atoms with Crippen molar-refractivity contribution in [3.63, 3.8) is 0 Å². The van der Waals surface area contributed by atoms with Gasteiger partial charge in [-0.05, 0) is 66.1 Å². The molecule has 1 saturated heterocycles. The summed E-state index contributed by atoms with van der Waals surface area (Å²) in [5.74, 6) is 1.72. The van der Waals surface area contributed by atoms with Gasteiger partial charge in [0.15, 0.2) is 0 Å². The number of allylic oxidation sites excluding steroid dienone is 1. The van der Waals surface area contributed by atoms with Crippen LogP contribution >= 0.6 is 0 Å². The van der Waals surface area contributed by atoms with Crippen LogP contribution in [0.5, 0.6) is 17.2 Å². The molecular weight excluding hydrogens is 471 g/mol. The average Bonchev–Trinajstić information content (AvgIpc) is 2.86. The predicted octanol–water partition coefficient (Wildman–Crippen LogP) is 5.70. The number of carbonyl (C=O) groups is 1. The Balaban J connectivity index is 1.38. The van der Waals surface area contributed by atoms with Crippen LogP contribution < -0.4 is 14.8 Å². The van der Waals surface area contributed by atoms with E-state index >= 15 is 0 Å². The van der Waals surface area contributed by atoms with Crippen LogP contribution in [0.1, 0.15) is 36.6 Å². The van der Waals surface area contributed by atoms with Crippen LogP contribution in [0.2, 0.25) is 0 Å². The van der Waals surface area contributed by atoms with Crippen LogP contribution in [0.15, 0.2) is 66.7 Å². The van der Waals surface area contributed by atoms with Gasteiger partial charge in [0, 0.05) is 49.3 Å². The molecule has 1 atom stereocenters. The Kier molecular flexibility index (Phi) is 7.15.